The van der Waals surface area contributed by atoms with Gasteiger partial charge in [-0.1, -0.05) is 30.3 Å². The molecule has 3 aromatic rings. The number of nitrogens with zero attached hydrogens (tertiary/aromatic N) is 5. The van der Waals surface area contributed by atoms with Crippen molar-refractivity contribution in [3.05, 3.63) is 72.2 Å². The first-order valence-corrected chi connectivity index (χ1v) is 7.96. The number of benzene rings is 1. The topological polar surface area (TPSA) is 66.8 Å². The Kier molecular flexibility index (Phi) is 5.29. The summed E-state index contributed by atoms with van der Waals surface area (Å²) in [5, 5.41) is 11.5. The summed E-state index contributed by atoms with van der Waals surface area (Å²) in [5.74, 6) is 1.34. The van der Waals surface area contributed by atoms with Crippen molar-refractivity contribution in [3.63, 3.8) is 0 Å². The van der Waals surface area contributed by atoms with Crippen LogP contribution in [0.5, 0.6) is 0 Å². The molecule has 2 aromatic heterocycles. The minimum atomic E-state index is 0.626. The summed E-state index contributed by atoms with van der Waals surface area (Å²) in [4.78, 5) is 10.7. The summed E-state index contributed by atoms with van der Waals surface area (Å²) in [6.07, 6.45) is 5.19. The lowest BCUT2D eigenvalue weighted by atomic mass is 10.2. The van der Waals surface area contributed by atoms with Gasteiger partial charge in [0.1, 0.15) is 0 Å². The van der Waals surface area contributed by atoms with Crippen molar-refractivity contribution in [3.8, 4) is 0 Å². The van der Waals surface area contributed by atoms with Crippen molar-refractivity contribution in [1.82, 2.24) is 20.2 Å². The number of pyridine rings is 1. The van der Waals surface area contributed by atoms with E-state index in [0.717, 1.165) is 18.7 Å². The van der Waals surface area contributed by atoms with E-state index >= 15 is 0 Å². The van der Waals surface area contributed by atoms with Crippen LogP contribution in [-0.4, -0.2) is 26.7 Å². The van der Waals surface area contributed by atoms with E-state index in [1.165, 1.54) is 5.56 Å². The Labute approximate surface area is 141 Å². The van der Waals surface area contributed by atoms with E-state index in [1.54, 1.807) is 18.6 Å². The van der Waals surface area contributed by atoms with E-state index in [-0.39, 0.29) is 0 Å². The van der Waals surface area contributed by atoms with Gasteiger partial charge in [-0.05, 0) is 30.2 Å². The SMILES string of the molecule is CCN(Cc1ccccc1)c1nncc(NCc2ccncc2)n1. The molecule has 0 radical (unpaired) electrons. The van der Waals surface area contributed by atoms with E-state index in [1.807, 2.05) is 30.3 Å². The average molecular weight is 320 g/mol. The Morgan fingerprint density at radius 3 is 2.54 bits per heavy atom. The van der Waals surface area contributed by atoms with Crippen LogP contribution in [0.15, 0.2) is 61.1 Å². The van der Waals surface area contributed by atoms with Crippen LogP contribution in [0.1, 0.15) is 18.1 Å². The highest BCUT2D eigenvalue weighted by Crippen LogP contribution is 2.13. The van der Waals surface area contributed by atoms with Gasteiger partial charge in [0, 0.05) is 32.0 Å². The van der Waals surface area contributed by atoms with Gasteiger partial charge in [-0.3, -0.25) is 4.98 Å². The Balaban J connectivity index is 1.69. The van der Waals surface area contributed by atoms with Crippen LogP contribution in [0, 0.1) is 0 Å². The number of hydrogen-bond acceptors (Lipinski definition) is 6. The van der Waals surface area contributed by atoms with Crippen molar-refractivity contribution in [1.29, 1.82) is 0 Å². The van der Waals surface area contributed by atoms with Crippen molar-refractivity contribution in [2.45, 2.75) is 20.0 Å². The number of hydrogen-bond donors (Lipinski definition) is 1. The van der Waals surface area contributed by atoms with Gasteiger partial charge in [-0.25, -0.2) is 0 Å². The Hall–Kier alpha value is -3.02. The van der Waals surface area contributed by atoms with E-state index < -0.39 is 0 Å². The fraction of sp³-hybridized carbons (Fsp3) is 0.222. The second-order valence-electron chi connectivity index (χ2n) is 5.35. The third kappa shape index (κ3) is 4.25. The highest BCUT2D eigenvalue weighted by molar-refractivity contribution is 5.40. The fourth-order valence-electron chi connectivity index (χ4n) is 2.33. The Morgan fingerprint density at radius 2 is 1.79 bits per heavy atom. The summed E-state index contributed by atoms with van der Waals surface area (Å²) in [6, 6.07) is 14.2. The predicted octanol–water partition coefficient (Wildman–Crippen LogP) is 2.91. The molecule has 6 nitrogen and oxygen atoms in total. The van der Waals surface area contributed by atoms with Gasteiger partial charge in [0.25, 0.3) is 0 Å². The van der Waals surface area contributed by atoms with Crippen LogP contribution in [-0.2, 0) is 13.1 Å². The highest BCUT2D eigenvalue weighted by Gasteiger charge is 2.10. The van der Waals surface area contributed by atoms with Crippen molar-refractivity contribution in [2.75, 3.05) is 16.8 Å². The number of nitrogens with one attached hydrogen (secondary N) is 1. The molecule has 0 saturated heterocycles. The van der Waals surface area contributed by atoms with Gasteiger partial charge >= 0.3 is 0 Å². The molecular formula is C18H20N6. The molecule has 0 amide bonds. The minimum Gasteiger partial charge on any atom is -0.365 e. The molecule has 0 fully saturated rings. The second kappa shape index (κ2) is 8.01. The molecular weight excluding hydrogens is 300 g/mol. The zero-order chi connectivity index (χ0) is 16.6. The monoisotopic (exact) mass is 320 g/mol. The van der Waals surface area contributed by atoms with Crippen LogP contribution >= 0.6 is 0 Å². The minimum absolute atomic E-state index is 0.626. The van der Waals surface area contributed by atoms with E-state index in [0.29, 0.717) is 18.3 Å². The van der Waals surface area contributed by atoms with Crippen LogP contribution < -0.4 is 10.2 Å². The summed E-state index contributed by atoms with van der Waals surface area (Å²) >= 11 is 0. The third-order valence-corrected chi connectivity index (χ3v) is 3.65. The zero-order valence-corrected chi connectivity index (χ0v) is 13.6. The molecule has 0 saturated carbocycles. The molecule has 0 unspecified atom stereocenters. The molecule has 24 heavy (non-hydrogen) atoms. The normalized spacial score (nSPS) is 10.4. The summed E-state index contributed by atoms with van der Waals surface area (Å²) in [6.45, 7) is 4.33. The van der Waals surface area contributed by atoms with Crippen LogP contribution in [0.4, 0.5) is 11.8 Å². The first kappa shape index (κ1) is 15.9. The summed E-state index contributed by atoms with van der Waals surface area (Å²) in [7, 11) is 0. The molecule has 0 bridgehead atoms. The molecule has 0 aliphatic carbocycles. The maximum atomic E-state index is 4.58. The van der Waals surface area contributed by atoms with Gasteiger partial charge in [0.2, 0.25) is 5.95 Å². The molecule has 1 N–H and O–H groups in total. The maximum absolute atomic E-state index is 4.58. The standard InChI is InChI=1S/C18H20N6/c1-2-24(14-16-6-4-3-5-7-16)18-22-17(13-21-23-18)20-12-15-8-10-19-11-9-15/h3-11,13H,2,12,14H2,1H3,(H,20,22,23). The maximum Gasteiger partial charge on any atom is 0.247 e. The molecule has 3 rings (SSSR count). The van der Waals surface area contributed by atoms with Crippen LogP contribution in [0.25, 0.3) is 0 Å². The van der Waals surface area contributed by atoms with E-state index in [2.05, 4.69) is 49.4 Å². The molecule has 0 spiro atoms. The molecule has 0 aliphatic heterocycles. The predicted molar refractivity (Wildman–Crippen MR) is 94.6 cm³/mol. The lowest BCUT2D eigenvalue weighted by Gasteiger charge is -2.20. The van der Waals surface area contributed by atoms with Crippen molar-refractivity contribution < 1.29 is 0 Å². The lowest BCUT2D eigenvalue weighted by Crippen LogP contribution is -2.25. The highest BCUT2D eigenvalue weighted by atomic mass is 15.3. The molecule has 0 aliphatic rings. The number of anilines is 2. The molecule has 0 atom stereocenters. The molecule has 1 aromatic carbocycles. The number of rotatable bonds is 7. The first-order chi connectivity index (χ1) is 11.8. The zero-order valence-electron chi connectivity index (χ0n) is 13.6. The molecule has 122 valence electrons. The van der Waals surface area contributed by atoms with E-state index in [4.69, 9.17) is 0 Å². The fourth-order valence-corrected chi connectivity index (χ4v) is 2.33. The van der Waals surface area contributed by atoms with E-state index in [9.17, 15) is 0 Å². The van der Waals surface area contributed by atoms with Gasteiger partial charge in [0.15, 0.2) is 5.82 Å². The van der Waals surface area contributed by atoms with Crippen molar-refractivity contribution in [2.24, 2.45) is 0 Å². The van der Waals surface area contributed by atoms with Gasteiger partial charge in [0.05, 0.1) is 6.20 Å². The quantitative estimate of drug-likeness (QED) is 0.722. The molecule has 2 heterocycles. The summed E-state index contributed by atoms with van der Waals surface area (Å²) in [5.41, 5.74) is 2.36. The van der Waals surface area contributed by atoms with Crippen LogP contribution in [0.3, 0.4) is 0 Å². The van der Waals surface area contributed by atoms with Gasteiger partial charge < -0.3 is 10.2 Å². The van der Waals surface area contributed by atoms with Crippen LogP contribution in [0.2, 0.25) is 0 Å². The van der Waals surface area contributed by atoms with Gasteiger partial charge in [-0.15, -0.1) is 5.10 Å². The first-order valence-electron chi connectivity index (χ1n) is 7.96. The molecule has 6 heteroatoms. The van der Waals surface area contributed by atoms with Gasteiger partial charge in [-0.2, -0.15) is 10.1 Å². The Bertz CT molecular complexity index is 748. The summed E-state index contributed by atoms with van der Waals surface area (Å²) < 4.78 is 0. The smallest absolute Gasteiger partial charge is 0.247 e. The average Bonchev–Trinajstić information content (AvgIpc) is 2.66. The lowest BCUT2D eigenvalue weighted by molar-refractivity contribution is 0.769. The Morgan fingerprint density at radius 1 is 1.00 bits per heavy atom. The van der Waals surface area contributed by atoms with Crippen molar-refractivity contribution >= 4 is 11.8 Å². The largest absolute Gasteiger partial charge is 0.365 e. The second-order valence-corrected chi connectivity index (χ2v) is 5.35. The third-order valence-electron chi connectivity index (χ3n) is 3.65. The number of aromatic nitrogens is 4.